The molecule has 26 heavy (non-hydrogen) atoms. The summed E-state index contributed by atoms with van der Waals surface area (Å²) < 4.78 is 10.1. The van der Waals surface area contributed by atoms with E-state index in [1.165, 1.54) is 17.6 Å². The van der Waals surface area contributed by atoms with Gasteiger partial charge in [0.05, 0.1) is 23.9 Å². The van der Waals surface area contributed by atoms with Gasteiger partial charge in [0.25, 0.3) is 5.91 Å². The summed E-state index contributed by atoms with van der Waals surface area (Å²) in [7, 11) is 0. The van der Waals surface area contributed by atoms with Gasteiger partial charge in [-0.25, -0.2) is 4.98 Å². The molecule has 3 rings (SSSR count). The molecule has 3 aromatic rings. The van der Waals surface area contributed by atoms with Gasteiger partial charge in [-0.3, -0.25) is 14.9 Å². The summed E-state index contributed by atoms with van der Waals surface area (Å²) >= 11 is 1.26. The maximum atomic E-state index is 12.1. The van der Waals surface area contributed by atoms with Gasteiger partial charge >= 0.3 is 0 Å². The number of nitrogens with one attached hydrogen (secondary N) is 2. The molecule has 10 heteroatoms. The van der Waals surface area contributed by atoms with E-state index < -0.39 is 0 Å². The number of hydrogen-bond donors (Lipinski definition) is 2. The molecule has 0 atom stereocenters. The second-order valence-electron chi connectivity index (χ2n) is 5.50. The molecular formula is C16H17N5O4S. The van der Waals surface area contributed by atoms with Gasteiger partial charge in [0.2, 0.25) is 11.8 Å². The van der Waals surface area contributed by atoms with E-state index in [-0.39, 0.29) is 18.2 Å². The van der Waals surface area contributed by atoms with Gasteiger partial charge in [-0.2, -0.15) is 4.98 Å². The highest BCUT2D eigenvalue weighted by Gasteiger charge is 2.14. The molecule has 3 heterocycles. The van der Waals surface area contributed by atoms with Gasteiger partial charge in [-0.15, -0.1) is 11.3 Å². The third kappa shape index (κ3) is 4.54. The van der Waals surface area contributed by atoms with E-state index in [1.807, 2.05) is 0 Å². The second-order valence-corrected chi connectivity index (χ2v) is 6.36. The van der Waals surface area contributed by atoms with Gasteiger partial charge in [-0.1, -0.05) is 5.16 Å². The third-order valence-electron chi connectivity index (χ3n) is 3.45. The molecule has 0 aromatic carbocycles. The van der Waals surface area contributed by atoms with Crippen molar-refractivity contribution in [3.05, 3.63) is 46.4 Å². The quantitative estimate of drug-likeness (QED) is 0.646. The van der Waals surface area contributed by atoms with E-state index in [9.17, 15) is 9.59 Å². The SMILES string of the molecule is Cc1noc(CCNC(=O)Cc2csc(NC(=O)c3ccoc3C)n2)n1. The van der Waals surface area contributed by atoms with Crippen LogP contribution in [0.15, 0.2) is 26.6 Å². The number of hydrogen-bond acceptors (Lipinski definition) is 8. The van der Waals surface area contributed by atoms with E-state index in [2.05, 4.69) is 25.8 Å². The van der Waals surface area contributed by atoms with E-state index in [0.29, 0.717) is 46.8 Å². The number of aryl methyl sites for hydroxylation is 2. The molecule has 0 aliphatic heterocycles. The summed E-state index contributed by atoms with van der Waals surface area (Å²) in [6.45, 7) is 3.84. The Morgan fingerprint density at radius 1 is 1.27 bits per heavy atom. The molecule has 0 radical (unpaired) electrons. The highest BCUT2D eigenvalue weighted by atomic mass is 32.1. The standard InChI is InChI=1S/C16H17N5O4S/c1-9-12(4-6-24-9)15(23)20-16-19-11(8-26-16)7-13(22)17-5-3-14-18-10(2)21-25-14/h4,6,8H,3,5,7H2,1-2H3,(H,17,22)(H,19,20,23). The minimum Gasteiger partial charge on any atom is -0.469 e. The first-order chi connectivity index (χ1) is 12.5. The van der Waals surface area contributed by atoms with Gasteiger partial charge in [0.1, 0.15) is 5.76 Å². The Morgan fingerprint density at radius 2 is 2.12 bits per heavy atom. The lowest BCUT2D eigenvalue weighted by molar-refractivity contribution is -0.120. The zero-order valence-electron chi connectivity index (χ0n) is 14.2. The summed E-state index contributed by atoms with van der Waals surface area (Å²) in [6, 6.07) is 1.59. The molecule has 9 nitrogen and oxygen atoms in total. The number of aromatic nitrogens is 3. The molecule has 3 aromatic heterocycles. The highest BCUT2D eigenvalue weighted by Crippen LogP contribution is 2.18. The van der Waals surface area contributed by atoms with E-state index in [0.717, 1.165) is 0 Å². The first-order valence-corrected chi connectivity index (χ1v) is 8.75. The Labute approximate surface area is 152 Å². The first-order valence-electron chi connectivity index (χ1n) is 7.87. The first kappa shape index (κ1) is 17.8. The molecule has 0 saturated heterocycles. The summed E-state index contributed by atoms with van der Waals surface area (Å²) in [4.78, 5) is 32.4. The lowest BCUT2D eigenvalue weighted by atomic mass is 10.2. The summed E-state index contributed by atoms with van der Waals surface area (Å²) in [5, 5.41) is 11.3. The Bertz CT molecular complexity index is 913. The number of amides is 2. The third-order valence-corrected chi connectivity index (χ3v) is 4.25. The number of nitrogens with zero attached hydrogens (tertiary/aromatic N) is 3. The van der Waals surface area contributed by atoms with Crippen LogP contribution in [0.25, 0.3) is 0 Å². The van der Waals surface area contributed by atoms with Crippen molar-refractivity contribution in [3.63, 3.8) is 0 Å². The van der Waals surface area contributed by atoms with Crippen LogP contribution in [0.1, 0.15) is 33.5 Å². The largest absolute Gasteiger partial charge is 0.469 e. The zero-order valence-corrected chi connectivity index (χ0v) is 15.1. The monoisotopic (exact) mass is 375 g/mol. The molecule has 0 aliphatic carbocycles. The predicted molar refractivity (Wildman–Crippen MR) is 93.0 cm³/mol. The van der Waals surface area contributed by atoms with E-state index in [1.54, 1.807) is 25.3 Å². The van der Waals surface area contributed by atoms with Crippen molar-refractivity contribution in [3.8, 4) is 0 Å². The van der Waals surface area contributed by atoms with Crippen molar-refractivity contribution in [2.45, 2.75) is 26.7 Å². The van der Waals surface area contributed by atoms with Crippen molar-refractivity contribution in [1.82, 2.24) is 20.4 Å². The van der Waals surface area contributed by atoms with Crippen molar-refractivity contribution >= 4 is 28.3 Å². The molecule has 136 valence electrons. The molecule has 0 bridgehead atoms. The summed E-state index contributed by atoms with van der Waals surface area (Å²) in [6.07, 6.45) is 2.05. The van der Waals surface area contributed by atoms with Gasteiger partial charge in [0.15, 0.2) is 11.0 Å². The Hall–Kier alpha value is -3.01. The number of carbonyl (C=O) groups excluding carboxylic acids is 2. The van der Waals surface area contributed by atoms with E-state index >= 15 is 0 Å². The molecule has 2 N–H and O–H groups in total. The van der Waals surface area contributed by atoms with Crippen LogP contribution in [0.5, 0.6) is 0 Å². The summed E-state index contributed by atoms with van der Waals surface area (Å²) in [5.41, 5.74) is 1.04. The van der Waals surface area contributed by atoms with Crippen molar-refractivity contribution < 1.29 is 18.5 Å². The predicted octanol–water partition coefficient (Wildman–Crippen LogP) is 1.89. The number of rotatable bonds is 7. The second kappa shape index (κ2) is 7.91. The van der Waals surface area contributed by atoms with Crippen LogP contribution in [-0.4, -0.2) is 33.5 Å². The maximum Gasteiger partial charge on any atom is 0.260 e. The van der Waals surface area contributed by atoms with Gasteiger partial charge < -0.3 is 14.3 Å². The van der Waals surface area contributed by atoms with Crippen molar-refractivity contribution in [2.24, 2.45) is 0 Å². The van der Waals surface area contributed by atoms with Crippen molar-refractivity contribution in [2.75, 3.05) is 11.9 Å². The zero-order chi connectivity index (χ0) is 18.5. The molecular weight excluding hydrogens is 358 g/mol. The Balaban J connectivity index is 1.46. The number of furan rings is 1. The van der Waals surface area contributed by atoms with Gasteiger partial charge in [-0.05, 0) is 19.9 Å². The molecule has 0 unspecified atom stereocenters. The lowest BCUT2D eigenvalue weighted by Gasteiger charge is -2.02. The fourth-order valence-corrected chi connectivity index (χ4v) is 2.91. The molecule has 0 spiro atoms. The van der Waals surface area contributed by atoms with Crippen LogP contribution in [-0.2, 0) is 17.6 Å². The Kier molecular flexibility index (Phi) is 5.42. The highest BCUT2D eigenvalue weighted by molar-refractivity contribution is 7.14. The molecule has 0 saturated carbocycles. The summed E-state index contributed by atoms with van der Waals surface area (Å²) in [5.74, 6) is 1.12. The Morgan fingerprint density at radius 3 is 2.81 bits per heavy atom. The van der Waals surface area contributed by atoms with Crippen LogP contribution in [0.3, 0.4) is 0 Å². The smallest absolute Gasteiger partial charge is 0.260 e. The van der Waals surface area contributed by atoms with Crippen LogP contribution >= 0.6 is 11.3 Å². The number of anilines is 1. The molecule has 0 fully saturated rings. The van der Waals surface area contributed by atoms with E-state index in [4.69, 9.17) is 8.94 Å². The average Bonchev–Trinajstić information content (AvgIpc) is 3.30. The topological polar surface area (TPSA) is 123 Å². The fraction of sp³-hybridized carbons (Fsp3) is 0.312. The van der Waals surface area contributed by atoms with Crippen LogP contribution < -0.4 is 10.6 Å². The lowest BCUT2D eigenvalue weighted by Crippen LogP contribution is -2.27. The average molecular weight is 375 g/mol. The van der Waals surface area contributed by atoms with Crippen molar-refractivity contribution in [1.29, 1.82) is 0 Å². The van der Waals surface area contributed by atoms with Crippen LogP contribution in [0.2, 0.25) is 0 Å². The molecule has 2 amide bonds. The van der Waals surface area contributed by atoms with Gasteiger partial charge in [0, 0.05) is 18.3 Å². The number of thiazole rings is 1. The minimum absolute atomic E-state index is 0.125. The normalized spacial score (nSPS) is 10.7. The minimum atomic E-state index is -0.295. The molecule has 0 aliphatic rings. The fourth-order valence-electron chi connectivity index (χ4n) is 2.21. The van der Waals surface area contributed by atoms with Crippen LogP contribution in [0.4, 0.5) is 5.13 Å². The van der Waals surface area contributed by atoms with Crippen LogP contribution in [0, 0.1) is 13.8 Å². The number of carbonyl (C=O) groups is 2. The maximum absolute atomic E-state index is 12.1.